The third-order valence-electron chi connectivity index (χ3n) is 4.72. The maximum Gasteiger partial charge on any atom is 0.303 e. The van der Waals surface area contributed by atoms with E-state index in [9.17, 15) is 19.2 Å². The van der Waals surface area contributed by atoms with Crippen molar-refractivity contribution in [2.24, 2.45) is 0 Å². The van der Waals surface area contributed by atoms with Gasteiger partial charge >= 0.3 is 17.9 Å². The highest BCUT2D eigenvalue weighted by Crippen LogP contribution is 2.39. The lowest BCUT2D eigenvalue weighted by molar-refractivity contribution is -0.165. The molecule has 4 atom stereocenters. The van der Waals surface area contributed by atoms with E-state index in [0.29, 0.717) is 17.7 Å². The number of aromatic nitrogens is 1. The van der Waals surface area contributed by atoms with Gasteiger partial charge in [0.15, 0.2) is 18.0 Å². The Balaban J connectivity index is 1.93. The Morgan fingerprint density at radius 3 is 2.36 bits per heavy atom. The fraction of sp³-hybridized carbons (Fsp3) is 0.579. The molecule has 0 bridgehead atoms. The predicted octanol–water partition coefficient (Wildman–Crippen LogP) is 1.40. The summed E-state index contributed by atoms with van der Waals surface area (Å²) >= 11 is 0. The molecule has 28 heavy (non-hydrogen) atoms. The first kappa shape index (κ1) is 20.1. The van der Waals surface area contributed by atoms with E-state index in [1.807, 2.05) is 0 Å². The Morgan fingerprint density at radius 2 is 1.75 bits per heavy atom. The van der Waals surface area contributed by atoms with Crippen LogP contribution in [0.15, 0.2) is 6.07 Å². The maximum atomic E-state index is 12.2. The van der Waals surface area contributed by atoms with Gasteiger partial charge in [-0.2, -0.15) is 0 Å². The summed E-state index contributed by atoms with van der Waals surface area (Å²) in [6, 6.07) is 1.69. The van der Waals surface area contributed by atoms with Gasteiger partial charge in [-0.15, -0.1) is 0 Å². The van der Waals surface area contributed by atoms with Gasteiger partial charge in [0.1, 0.15) is 18.8 Å². The first-order chi connectivity index (χ1) is 13.3. The number of carbonyl (C=O) groups excluding carboxylic acids is 4. The molecule has 3 rings (SSSR count). The summed E-state index contributed by atoms with van der Waals surface area (Å²) in [5.41, 5.74) is 1.96. The molecule has 1 aromatic heterocycles. The third-order valence-corrected chi connectivity index (χ3v) is 4.72. The zero-order valence-electron chi connectivity index (χ0n) is 16.0. The molecule has 152 valence electrons. The summed E-state index contributed by atoms with van der Waals surface area (Å²) in [6.45, 7) is 3.56. The van der Waals surface area contributed by atoms with Crippen molar-refractivity contribution in [3.63, 3.8) is 0 Å². The summed E-state index contributed by atoms with van der Waals surface area (Å²) in [6.07, 6.45) is -1.55. The van der Waals surface area contributed by atoms with Crippen molar-refractivity contribution in [1.29, 1.82) is 0 Å². The maximum absolute atomic E-state index is 12.2. The van der Waals surface area contributed by atoms with Crippen LogP contribution in [0.25, 0.3) is 0 Å². The normalized spacial score (nSPS) is 26.5. The quantitative estimate of drug-likeness (QED) is 0.589. The molecule has 1 aliphatic carbocycles. The van der Waals surface area contributed by atoms with Crippen LogP contribution in [-0.4, -0.2) is 53.6 Å². The van der Waals surface area contributed by atoms with Crippen molar-refractivity contribution in [3.8, 4) is 0 Å². The van der Waals surface area contributed by atoms with Crippen LogP contribution >= 0.6 is 0 Å². The molecule has 1 aliphatic heterocycles. The lowest BCUT2D eigenvalue weighted by atomic mass is 9.96. The smallest absolute Gasteiger partial charge is 0.303 e. The van der Waals surface area contributed by atoms with Crippen molar-refractivity contribution in [2.75, 3.05) is 6.61 Å². The highest BCUT2D eigenvalue weighted by Gasteiger charge is 2.51. The van der Waals surface area contributed by atoms with Gasteiger partial charge in [-0.05, 0) is 18.9 Å². The number of rotatable bonds is 5. The minimum Gasteiger partial charge on any atom is -0.463 e. The Bertz CT molecular complexity index is 798. The van der Waals surface area contributed by atoms with Crippen molar-refractivity contribution in [1.82, 2.24) is 4.98 Å². The lowest BCUT2D eigenvalue weighted by Gasteiger charge is -2.23. The number of fused-ring (bicyclic) bond motifs is 1. The fourth-order valence-electron chi connectivity index (χ4n) is 3.65. The molecule has 1 N–H and O–H groups in total. The molecule has 2 heterocycles. The topological polar surface area (TPSA) is 121 Å². The van der Waals surface area contributed by atoms with Gasteiger partial charge in [0.25, 0.3) is 0 Å². The van der Waals surface area contributed by atoms with E-state index in [2.05, 4.69) is 4.98 Å². The molecule has 2 aliphatic rings. The summed E-state index contributed by atoms with van der Waals surface area (Å²) < 4.78 is 21.7. The van der Waals surface area contributed by atoms with Gasteiger partial charge in [-0.25, -0.2) is 0 Å². The number of esters is 3. The van der Waals surface area contributed by atoms with Crippen LogP contribution in [0.3, 0.4) is 0 Å². The van der Waals surface area contributed by atoms with Crippen LogP contribution in [0.1, 0.15) is 61.5 Å². The molecule has 0 aromatic carbocycles. The first-order valence-corrected chi connectivity index (χ1v) is 9.14. The zero-order valence-corrected chi connectivity index (χ0v) is 16.0. The van der Waals surface area contributed by atoms with E-state index in [1.165, 1.54) is 20.8 Å². The van der Waals surface area contributed by atoms with Gasteiger partial charge < -0.3 is 23.9 Å². The van der Waals surface area contributed by atoms with E-state index in [0.717, 1.165) is 18.5 Å². The van der Waals surface area contributed by atoms with Gasteiger partial charge in [0.05, 0.1) is 0 Å². The number of carbonyl (C=O) groups is 4. The van der Waals surface area contributed by atoms with Crippen molar-refractivity contribution in [2.45, 2.75) is 64.4 Å². The molecule has 0 amide bonds. The van der Waals surface area contributed by atoms with Crippen molar-refractivity contribution < 1.29 is 38.1 Å². The second kappa shape index (κ2) is 8.14. The number of ether oxygens (including phenoxy) is 4. The molecule has 0 spiro atoms. The highest BCUT2D eigenvalue weighted by atomic mass is 16.6. The molecule has 9 nitrogen and oxygen atoms in total. The van der Waals surface area contributed by atoms with E-state index in [1.54, 1.807) is 6.07 Å². The van der Waals surface area contributed by atoms with Crippen LogP contribution < -0.4 is 0 Å². The molecule has 1 fully saturated rings. The molecule has 0 unspecified atom stereocenters. The number of nitrogens with one attached hydrogen (secondary N) is 1. The number of hydrogen-bond acceptors (Lipinski definition) is 8. The Hall–Kier alpha value is -2.68. The summed E-state index contributed by atoms with van der Waals surface area (Å²) in [5.74, 6) is -1.63. The van der Waals surface area contributed by atoms with Gasteiger partial charge in [0, 0.05) is 44.1 Å². The standard InChI is InChI=1S/C19H23NO8/c1-9(21)25-8-16-18(26-10(2)22)19(27-11(3)23)17(28-16)14-7-12-13(20-14)5-4-6-15(12)24/h7,16-20H,4-6,8H2,1-3H3/t16-,17+,18-,19+/m1/s1. The second-order valence-corrected chi connectivity index (χ2v) is 6.94. The van der Waals surface area contributed by atoms with Crippen LogP contribution in [0, 0.1) is 0 Å². The molecule has 9 heteroatoms. The molecular weight excluding hydrogens is 370 g/mol. The minimum absolute atomic E-state index is 0.0405. The zero-order chi connectivity index (χ0) is 20.4. The highest BCUT2D eigenvalue weighted by molar-refractivity contribution is 5.98. The van der Waals surface area contributed by atoms with Crippen molar-refractivity contribution in [3.05, 3.63) is 23.0 Å². The number of hydrogen-bond donors (Lipinski definition) is 1. The molecule has 0 radical (unpaired) electrons. The largest absolute Gasteiger partial charge is 0.463 e. The monoisotopic (exact) mass is 393 g/mol. The Morgan fingerprint density at radius 1 is 1.07 bits per heavy atom. The van der Waals surface area contributed by atoms with Crippen LogP contribution in [0.5, 0.6) is 0 Å². The molecule has 0 saturated carbocycles. The number of aromatic amines is 1. The van der Waals surface area contributed by atoms with E-state index in [4.69, 9.17) is 18.9 Å². The summed E-state index contributed by atoms with van der Waals surface area (Å²) in [4.78, 5) is 49.8. The van der Waals surface area contributed by atoms with Crippen LogP contribution in [-0.2, 0) is 39.8 Å². The average Bonchev–Trinajstić information content (AvgIpc) is 3.16. The summed E-state index contributed by atoms with van der Waals surface area (Å²) in [5, 5.41) is 0. The average molecular weight is 393 g/mol. The fourth-order valence-corrected chi connectivity index (χ4v) is 3.65. The number of Topliss-reactive ketones (excluding diaryl/α,β-unsaturated/α-hetero) is 1. The van der Waals surface area contributed by atoms with Gasteiger partial charge in [-0.1, -0.05) is 0 Å². The lowest BCUT2D eigenvalue weighted by Crippen LogP contribution is -2.40. The van der Waals surface area contributed by atoms with Gasteiger partial charge in [0.2, 0.25) is 0 Å². The van der Waals surface area contributed by atoms with Crippen LogP contribution in [0.2, 0.25) is 0 Å². The minimum atomic E-state index is -0.957. The predicted molar refractivity (Wildman–Crippen MR) is 93.4 cm³/mol. The summed E-state index contributed by atoms with van der Waals surface area (Å²) in [7, 11) is 0. The van der Waals surface area contributed by atoms with Gasteiger partial charge in [-0.3, -0.25) is 19.2 Å². The Labute approximate surface area is 161 Å². The number of H-pyrrole nitrogens is 1. The first-order valence-electron chi connectivity index (χ1n) is 9.14. The number of ketones is 1. The Kier molecular flexibility index (Phi) is 5.83. The van der Waals surface area contributed by atoms with E-state index < -0.39 is 42.3 Å². The van der Waals surface area contributed by atoms with Crippen molar-refractivity contribution >= 4 is 23.7 Å². The van der Waals surface area contributed by atoms with E-state index in [-0.39, 0.29) is 12.4 Å². The molecule has 1 saturated heterocycles. The molecular formula is C19H23NO8. The number of aryl methyl sites for hydroxylation is 1. The second-order valence-electron chi connectivity index (χ2n) is 6.94. The SMILES string of the molecule is CC(=O)OC[C@H]1O[C@@H](c2cc3c([nH]2)CCCC3=O)[C@H](OC(C)=O)[C@@H]1OC(C)=O. The third kappa shape index (κ3) is 4.24. The van der Waals surface area contributed by atoms with E-state index >= 15 is 0 Å². The van der Waals surface area contributed by atoms with Crippen LogP contribution in [0.4, 0.5) is 0 Å². The molecule has 1 aromatic rings.